The molecule has 98 valence electrons. The maximum Gasteiger partial charge on any atom is 0.326 e. The number of aliphatic carboxylic acids is 1. The van der Waals surface area contributed by atoms with Gasteiger partial charge in [-0.1, -0.05) is 35.8 Å². The van der Waals surface area contributed by atoms with Gasteiger partial charge in [-0.15, -0.1) is 0 Å². The van der Waals surface area contributed by atoms with Crippen molar-refractivity contribution in [1.29, 1.82) is 0 Å². The molecule has 1 aromatic rings. The summed E-state index contributed by atoms with van der Waals surface area (Å²) in [6.07, 6.45) is 0. The van der Waals surface area contributed by atoms with E-state index in [9.17, 15) is 9.59 Å². The number of hydrogen-bond acceptors (Lipinski definition) is 2. The highest BCUT2D eigenvalue weighted by Gasteiger charge is 2.24. The Hall–Kier alpha value is -1.36. The fourth-order valence-electron chi connectivity index (χ4n) is 1.57. The highest BCUT2D eigenvalue weighted by Crippen LogP contribution is 2.16. The number of carbonyl (C=O) groups is 2. The predicted molar refractivity (Wildman–Crippen MR) is 72.6 cm³/mol. The van der Waals surface area contributed by atoms with Crippen LogP contribution in [0.3, 0.4) is 0 Å². The zero-order valence-electron chi connectivity index (χ0n) is 10.5. The van der Waals surface area contributed by atoms with E-state index in [0.29, 0.717) is 5.56 Å². The zero-order chi connectivity index (χ0) is 13.9. The summed E-state index contributed by atoms with van der Waals surface area (Å²) in [6.45, 7) is 5.33. The Morgan fingerprint density at radius 3 is 2.44 bits per heavy atom. The number of aryl methyl sites for hydroxylation is 1. The van der Waals surface area contributed by atoms with Gasteiger partial charge in [-0.25, -0.2) is 4.79 Å². The van der Waals surface area contributed by atoms with Gasteiger partial charge in [0.15, 0.2) is 0 Å². The third-order valence-electron chi connectivity index (χ3n) is 2.66. The fraction of sp³-hybridized carbons (Fsp3) is 0.385. The molecular formula is C13H16BrNO3. The molecule has 0 unspecified atom stereocenters. The normalized spacial score (nSPS) is 12.3. The van der Waals surface area contributed by atoms with E-state index in [-0.39, 0.29) is 11.8 Å². The number of carbonyl (C=O) groups excluding carboxylic acids is 1. The summed E-state index contributed by atoms with van der Waals surface area (Å²) in [4.78, 5) is 23.1. The molecule has 1 aromatic carbocycles. The fourth-order valence-corrected chi connectivity index (χ4v) is 1.93. The molecule has 0 aliphatic carbocycles. The van der Waals surface area contributed by atoms with Crippen LogP contribution in [0.2, 0.25) is 0 Å². The second kappa shape index (κ2) is 6.00. The molecule has 0 spiro atoms. The standard InChI is InChI=1S/C13H16BrNO3/c1-7(2)11(13(17)18)15-12(16)10-6-9(14)5-4-8(10)3/h4-7,11H,1-3H3,(H,15,16)(H,17,18)/t11-/m1/s1. The number of benzene rings is 1. The van der Waals surface area contributed by atoms with Crippen molar-refractivity contribution in [3.63, 3.8) is 0 Å². The average molecular weight is 314 g/mol. The van der Waals surface area contributed by atoms with Crippen LogP contribution in [0.15, 0.2) is 22.7 Å². The van der Waals surface area contributed by atoms with Crippen LogP contribution >= 0.6 is 15.9 Å². The first kappa shape index (κ1) is 14.7. The maximum absolute atomic E-state index is 12.0. The van der Waals surface area contributed by atoms with E-state index in [1.165, 1.54) is 0 Å². The smallest absolute Gasteiger partial charge is 0.326 e. The minimum atomic E-state index is -1.02. The first-order valence-corrected chi connectivity index (χ1v) is 6.42. The summed E-state index contributed by atoms with van der Waals surface area (Å²) >= 11 is 3.29. The molecule has 0 saturated carbocycles. The Morgan fingerprint density at radius 2 is 1.94 bits per heavy atom. The lowest BCUT2D eigenvalue weighted by molar-refractivity contribution is -0.140. The largest absolute Gasteiger partial charge is 0.480 e. The minimum Gasteiger partial charge on any atom is -0.480 e. The second-order valence-electron chi connectivity index (χ2n) is 4.49. The third-order valence-corrected chi connectivity index (χ3v) is 3.16. The second-order valence-corrected chi connectivity index (χ2v) is 5.41. The van der Waals surface area contributed by atoms with Crippen molar-refractivity contribution in [3.8, 4) is 0 Å². The Kier molecular flexibility index (Phi) is 4.90. The van der Waals surface area contributed by atoms with Crippen LogP contribution < -0.4 is 5.32 Å². The molecular weight excluding hydrogens is 298 g/mol. The van der Waals surface area contributed by atoms with Crippen LogP contribution in [0.5, 0.6) is 0 Å². The third kappa shape index (κ3) is 3.57. The summed E-state index contributed by atoms with van der Waals surface area (Å²) in [6, 6.07) is 4.45. The molecule has 0 aliphatic rings. The van der Waals surface area contributed by atoms with E-state index in [4.69, 9.17) is 5.11 Å². The molecule has 0 bridgehead atoms. The zero-order valence-corrected chi connectivity index (χ0v) is 12.1. The van der Waals surface area contributed by atoms with Gasteiger partial charge >= 0.3 is 5.97 Å². The van der Waals surface area contributed by atoms with E-state index in [1.54, 1.807) is 19.9 Å². The Bertz CT molecular complexity index is 471. The topological polar surface area (TPSA) is 66.4 Å². The number of carboxylic acids is 1. The molecule has 0 aromatic heterocycles. The van der Waals surface area contributed by atoms with Crippen LogP contribution in [0.4, 0.5) is 0 Å². The van der Waals surface area contributed by atoms with E-state index in [1.807, 2.05) is 19.1 Å². The molecule has 1 rings (SSSR count). The summed E-state index contributed by atoms with van der Waals surface area (Å²) < 4.78 is 0.787. The molecule has 18 heavy (non-hydrogen) atoms. The van der Waals surface area contributed by atoms with Crippen molar-refractivity contribution in [2.45, 2.75) is 26.8 Å². The van der Waals surface area contributed by atoms with Crippen molar-refractivity contribution in [1.82, 2.24) is 5.32 Å². The molecule has 4 nitrogen and oxygen atoms in total. The molecule has 1 atom stereocenters. The number of nitrogens with one attached hydrogen (secondary N) is 1. The van der Waals surface area contributed by atoms with Crippen molar-refractivity contribution >= 4 is 27.8 Å². The molecule has 0 fully saturated rings. The maximum atomic E-state index is 12.0. The van der Waals surface area contributed by atoms with Crippen LogP contribution in [-0.2, 0) is 4.79 Å². The molecule has 1 amide bonds. The average Bonchev–Trinajstić information content (AvgIpc) is 2.28. The number of carboxylic acid groups (broad SMARTS) is 1. The predicted octanol–water partition coefficient (Wildman–Crippen LogP) is 2.60. The highest BCUT2D eigenvalue weighted by molar-refractivity contribution is 9.10. The number of amides is 1. The lowest BCUT2D eigenvalue weighted by Crippen LogP contribution is -2.44. The molecule has 5 heteroatoms. The van der Waals surface area contributed by atoms with E-state index in [0.717, 1.165) is 10.0 Å². The van der Waals surface area contributed by atoms with Gasteiger partial charge < -0.3 is 10.4 Å². The lowest BCUT2D eigenvalue weighted by atomic mass is 10.0. The quantitative estimate of drug-likeness (QED) is 0.898. The van der Waals surface area contributed by atoms with Crippen LogP contribution in [0, 0.1) is 12.8 Å². The van der Waals surface area contributed by atoms with Crippen molar-refractivity contribution in [2.75, 3.05) is 0 Å². The van der Waals surface area contributed by atoms with E-state index in [2.05, 4.69) is 21.2 Å². The molecule has 0 radical (unpaired) electrons. The number of rotatable bonds is 4. The van der Waals surface area contributed by atoms with Crippen LogP contribution in [-0.4, -0.2) is 23.0 Å². The molecule has 2 N–H and O–H groups in total. The van der Waals surface area contributed by atoms with Crippen molar-refractivity contribution in [3.05, 3.63) is 33.8 Å². The molecule has 0 heterocycles. The van der Waals surface area contributed by atoms with Crippen molar-refractivity contribution < 1.29 is 14.7 Å². The van der Waals surface area contributed by atoms with Gasteiger partial charge in [0.2, 0.25) is 0 Å². The summed E-state index contributed by atoms with van der Waals surface area (Å²) in [7, 11) is 0. The minimum absolute atomic E-state index is 0.168. The van der Waals surface area contributed by atoms with Gasteiger partial charge in [-0.05, 0) is 30.5 Å². The number of halogens is 1. The van der Waals surface area contributed by atoms with Crippen molar-refractivity contribution in [2.24, 2.45) is 5.92 Å². The molecule has 0 saturated heterocycles. The first-order valence-electron chi connectivity index (χ1n) is 5.62. The van der Waals surface area contributed by atoms with Crippen LogP contribution in [0.25, 0.3) is 0 Å². The van der Waals surface area contributed by atoms with Gasteiger partial charge in [0.1, 0.15) is 6.04 Å². The van der Waals surface area contributed by atoms with Gasteiger partial charge in [-0.2, -0.15) is 0 Å². The van der Waals surface area contributed by atoms with Gasteiger partial charge in [0, 0.05) is 10.0 Å². The van der Waals surface area contributed by atoms with E-state index >= 15 is 0 Å². The van der Waals surface area contributed by atoms with Crippen LogP contribution in [0.1, 0.15) is 29.8 Å². The van der Waals surface area contributed by atoms with E-state index < -0.39 is 12.0 Å². The van der Waals surface area contributed by atoms with Gasteiger partial charge in [0.25, 0.3) is 5.91 Å². The van der Waals surface area contributed by atoms with Gasteiger partial charge in [-0.3, -0.25) is 4.79 Å². The Balaban J connectivity index is 2.94. The Morgan fingerprint density at radius 1 is 1.33 bits per heavy atom. The Labute approximate surface area is 115 Å². The first-order chi connectivity index (χ1) is 8.32. The number of hydrogen-bond donors (Lipinski definition) is 2. The summed E-state index contributed by atoms with van der Waals surface area (Å²) in [5.41, 5.74) is 1.29. The SMILES string of the molecule is Cc1ccc(Br)cc1C(=O)N[C@@H](C(=O)O)C(C)C. The monoisotopic (exact) mass is 313 g/mol. The van der Waals surface area contributed by atoms with Gasteiger partial charge in [0.05, 0.1) is 0 Å². The lowest BCUT2D eigenvalue weighted by Gasteiger charge is -2.18. The molecule has 0 aliphatic heterocycles. The highest BCUT2D eigenvalue weighted by atomic mass is 79.9. The summed E-state index contributed by atoms with van der Waals surface area (Å²) in [5, 5.41) is 11.6. The summed E-state index contributed by atoms with van der Waals surface area (Å²) in [5.74, 6) is -1.56.